The van der Waals surface area contributed by atoms with Crippen molar-refractivity contribution in [2.75, 3.05) is 24.3 Å². The van der Waals surface area contributed by atoms with Gasteiger partial charge in [-0.1, -0.05) is 17.4 Å². The molecule has 0 spiro atoms. The third kappa shape index (κ3) is 3.43. The molecule has 0 aliphatic rings. The van der Waals surface area contributed by atoms with Crippen LogP contribution in [0.3, 0.4) is 0 Å². The zero-order valence-corrected chi connectivity index (χ0v) is 14.8. The summed E-state index contributed by atoms with van der Waals surface area (Å²) in [6, 6.07) is 10.3. The van der Waals surface area contributed by atoms with E-state index in [9.17, 15) is 14.9 Å². The van der Waals surface area contributed by atoms with Crippen LogP contribution in [0, 0.1) is 17.0 Å². The highest BCUT2D eigenvalue weighted by Gasteiger charge is 2.19. The molecule has 3 aromatic rings. The Bertz CT molecular complexity index is 981. The minimum atomic E-state index is -0.493. The monoisotopic (exact) mass is 356 g/mol. The number of thiazole rings is 1. The van der Waals surface area contributed by atoms with Crippen molar-refractivity contribution in [2.24, 2.45) is 0 Å². The molecule has 0 radical (unpaired) electrons. The number of hydrogen-bond donors (Lipinski definition) is 1. The van der Waals surface area contributed by atoms with Crippen LogP contribution in [0.15, 0.2) is 36.4 Å². The van der Waals surface area contributed by atoms with Gasteiger partial charge in [0.1, 0.15) is 5.69 Å². The molecule has 3 rings (SSSR count). The summed E-state index contributed by atoms with van der Waals surface area (Å²) >= 11 is 1.37. The first kappa shape index (κ1) is 16.8. The number of aryl methyl sites for hydroxylation is 1. The van der Waals surface area contributed by atoms with Gasteiger partial charge >= 0.3 is 0 Å². The maximum absolute atomic E-state index is 12.4. The van der Waals surface area contributed by atoms with Crippen molar-refractivity contribution >= 4 is 44.0 Å². The van der Waals surface area contributed by atoms with Crippen molar-refractivity contribution in [1.29, 1.82) is 0 Å². The number of aromatic nitrogens is 1. The lowest BCUT2D eigenvalue weighted by Crippen LogP contribution is -2.14. The van der Waals surface area contributed by atoms with Gasteiger partial charge in [-0.3, -0.25) is 20.2 Å². The highest BCUT2D eigenvalue weighted by atomic mass is 32.1. The number of hydrogen-bond acceptors (Lipinski definition) is 6. The van der Waals surface area contributed by atoms with Crippen LogP contribution in [0.5, 0.6) is 0 Å². The summed E-state index contributed by atoms with van der Waals surface area (Å²) in [5.74, 6) is -0.427. The number of nitrogens with one attached hydrogen (secondary N) is 1. The van der Waals surface area contributed by atoms with Gasteiger partial charge in [0.05, 0.1) is 15.1 Å². The molecule has 7 nitrogen and oxygen atoms in total. The van der Waals surface area contributed by atoms with Crippen molar-refractivity contribution in [3.8, 4) is 0 Å². The Morgan fingerprint density at radius 2 is 2.00 bits per heavy atom. The molecule has 8 heteroatoms. The lowest BCUT2D eigenvalue weighted by atomic mass is 10.1. The largest absolute Gasteiger partial charge is 0.372 e. The molecule has 0 fully saturated rings. The molecule has 0 bridgehead atoms. The lowest BCUT2D eigenvalue weighted by molar-refractivity contribution is -0.384. The SMILES string of the molecule is Cc1ccc2nc(NC(=O)c3ccc(N(C)C)c([N+](=O)[O-])c3)sc2c1. The smallest absolute Gasteiger partial charge is 0.293 e. The molecule has 0 saturated carbocycles. The molecule has 128 valence electrons. The number of fused-ring (bicyclic) bond motifs is 1. The van der Waals surface area contributed by atoms with Crippen molar-refractivity contribution in [3.63, 3.8) is 0 Å². The van der Waals surface area contributed by atoms with E-state index in [1.807, 2.05) is 25.1 Å². The molecule has 0 unspecified atom stereocenters. The third-order valence-corrected chi connectivity index (χ3v) is 4.61. The minimum absolute atomic E-state index is 0.113. The van der Waals surface area contributed by atoms with Gasteiger partial charge in [-0.25, -0.2) is 4.98 Å². The van der Waals surface area contributed by atoms with E-state index in [0.29, 0.717) is 10.8 Å². The standard InChI is InChI=1S/C17H16N4O3S/c1-10-4-6-12-15(8-10)25-17(18-12)19-16(22)11-5-7-13(20(2)3)14(9-11)21(23)24/h4-9H,1-3H3,(H,18,19,22). The van der Waals surface area contributed by atoms with E-state index in [2.05, 4.69) is 10.3 Å². The number of nitro benzene ring substituents is 1. The number of amides is 1. The minimum Gasteiger partial charge on any atom is -0.372 e. The summed E-state index contributed by atoms with van der Waals surface area (Å²) in [4.78, 5) is 29.2. The van der Waals surface area contributed by atoms with Crippen LogP contribution in [0.2, 0.25) is 0 Å². The van der Waals surface area contributed by atoms with Crippen LogP contribution in [0.1, 0.15) is 15.9 Å². The number of nitrogens with zero attached hydrogens (tertiary/aromatic N) is 3. The summed E-state index contributed by atoms with van der Waals surface area (Å²) in [5.41, 5.74) is 2.46. The van der Waals surface area contributed by atoms with Crippen LogP contribution in [-0.4, -0.2) is 29.9 Å². The van der Waals surface area contributed by atoms with E-state index in [4.69, 9.17) is 0 Å². The zero-order valence-electron chi connectivity index (χ0n) is 13.9. The Labute approximate surface area is 148 Å². The highest BCUT2D eigenvalue weighted by molar-refractivity contribution is 7.22. The second-order valence-electron chi connectivity index (χ2n) is 5.80. The van der Waals surface area contributed by atoms with Crippen molar-refractivity contribution in [2.45, 2.75) is 6.92 Å². The first-order valence-electron chi connectivity index (χ1n) is 7.49. The average Bonchev–Trinajstić information content (AvgIpc) is 2.95. The number of carbonyl (C=O) groups is 1. The van der Waals surface area contributed by atoms with Crippen LogP contribution in [-0.2, 0) is 0 Å². The quantitative estimate of drug-likeness (QED) is 0.567. The topological polar surface area (TPSA) is 88.4 Å². The number of rotatable bonds is 4. The summed E-state index contributed by atoms with van der Waals surface area (Å²) < 4.78 is 0.976. The maximum Gasteiger partial charge on any atom is 0.293 e. The van der Waals surface area contributed by atoms with Gasteiger partial charge in [0, 0.05) is 25.7 Å². The lowest BCUT2D eigenvalue weighted by Gasteiger charge is -2.13. The van der Waals surface area contributed by atoms with Crippen molar-refractivity contribution < 1.29 is 9.72 Å². The molecule has 0 saturated heterocycles. The Balaban J connectivity index is 1.89. The Morgan fingerprint density at radius 3 is 2.68 bits per heavy atom. The molecule has 0 aliphatic heterocycles. The Kier molecular flexibility index (Phi) is 4.37. The fraction of sp³-hybridized carbons (Fsp3) is 0.176. The molecule has 1 N–H and O–H groups in total. The molecule has 25 heavy (non-hydrogen) atoms. The fourth-order valence-corrected chi connectivity index (χ4v) is 3.40. The molecular formula is C17H16N4O3S. The van der Waals surface area contributed by atoms with E-state index >= 15 is 0 Å². The maximum atomic E-state index is 12.4. The summed E-state index contributed by atoms with van der Waals surface area (Å²) in [6.45, 7) is 1.99. The zero-order chi connectivity index (χ0) is 18.1. The second-order valence-corrected chi connectivity index (χ2v) is 6.83. The normalized spacial score (nSPS) is 10.7. The first-order valence-corrected chi connectivity index (χ1v) is 8.31. The fourth-order valence-electron chi connectivity index (χ4n) is 2.44. The van der Waals surface area contributed by atoms with Gasteiger partial charge in [-0.15, -0.1) is 0 Å². The van der Waals surface area contributed by atoms with E-state index in [1.165, 1.54) is 17.4 Å². The van der Waals surface area contributed by atoms with Crippen LogP contribution in [0.25, 0.3) is 10.2 Å². The molecule has 1 amide bonds. The van der Waals surface area contributed by atoms with Gasteiger partial charge in [0.15, 0.2) is 5.13 Å². The molecule has 1 heterocycles. The van der Waals surface area contributed by atoms with Gasteiger partial charge < -0.3 is 4.90 Å². The van der Waals surface area contributed by atoms with E-state index < -0.39 is 10.8 Å². The predicted octanol–water partition coefficient (Wildman–Crippen LogP) is 3.83. The van der Waals surface area contributed by atoms with Gasteiger partial charge in [0.2, 0.25) is 0 Å². The molecular weight excluding hydrogens is 340 g/mol. The van der Waals surface area contributed by atoms with E-state index in [0.717, 1.165) is 15.8 Å². The number of carbonyl (C=O) groups excluding carboxylic acids is 1. The highest BCUT2D eigenvalue weighted by Crippen LogP contribution is 2.29. The van der Waals surface area contributed by atoms with E-state index in [1.54, 1.807) is 31.1 Å². The molecule has 1 aromatic heterocycles. The first-order chi connectivity index (χ1) is 11.8. The molecule has 2 aromatic carbocycles. The molecule has 0 aliphatic carbocycles. The molecule has 0 atom stereocenters. The second kappa shape index (κ2) is 6.48. The van der Waals surface area contributed by atoms with Crippen LogP contribution in [0.4, 0.5) is 16.5 Å². The van der Waals surface area contributed by atoms with E-state index in [-0.39, 0.29) is 11.3 Å². The average molecular weight is 356 g/mol. The van der Waals surface area contributed by atoms with Crippen LogP contribution < -0.4 is 10.2 Å². The third-order valence-electron chi connectivity index (χ3n) is 3.68. The predicted molar refractivity (Wildman–Crippen MR) is 99.7 cm³/mol. The number of benzene rings is 2. The van der Waals surface area contributed by atoms with Gasteiger partial charge in [-0.05, 0) is 36.8 Å². The summed E-state index contributed by atoms with van der Waals surface area (Å²) in [5, 5.41) is 14.4. The number of anilines is 2. The van der Waals surface area contributed by atoms with Gasteiger partial charge in [-0.2, -0.15) is 0 Å². The Morgan fingerprint density at radius 1 is 1.24 bits per heavy atom. The van der Waals surface area contributed by atoms with Crippen molar-refractivity contribution in [3.05, 3.63) is 57.6 Å². The van der Waals surface area contributed by atoms with Gasteiger partial charge in [0.25, 0.3) is 11.6 Å². The van der Waals surface area contributed by atoms with Crippen molar-refractivity contribution in [1.82, 2.24) is 4.98 Å². The summed E-state index contributed by atoms with van der Waals surface area (Å²) in [7, 11) is 3.43. The summed E-state index contributed by atoms with van der Waals surface area (Å²) in [6.07, 6.45) is 0. The number of nitro groups is 1. The van der Waals surface area contributed by atoms with Crippen LogP contribution >= 0.6 is 11.3 Å². The Hall–Kier alpha value is -3.00.